The standard InChI is InChI=1S/C14H14BF2NO6/c1-6(19)2-3-10(20)18-9-5-7-4-8(16)12(17)11(14(21)22)13(7)24-15(9)23/h4,9,23H,2-3,5H2,1H3,(H,18,20)(H,21,22)/t9-/m0/s1. The van der Waals surface area contributed by atoms with E-state index in [0.717, 1.165) is 6.07 Å². The smallest absolute Gasteiger partial charge is 0.534 e. The van der Waals surface area contributed by atoms with Crippen LogP contribution in [0.3, 0.4) is 0 Å². The number of hydrogen-bond donors (Lipinski definition) is 3. The second-order valence-electron chi connectivity index (χ2n) is 5.43. The Morgan fingerprint density at radius 3 is 2.62 bits per heavy atom. The summed E-state index contributed by atoms with van der Waals surface area (Å²) in [5.74, 6) is -6.85. The summed E-state index contributed by atoms with van der Waals surface area (Å²) in [7, 11) is -1.64. The van der Waals surface area contributed by atoms with Crippen molar-refractivity contribution in [1.82, 2.24) is 5.32 Å². The fourth-order valence-electron chi connectivity index (χ4n) is 2.37. The summed E-state index contributed by atoms with van der Waals surface area (Å²) in [6.45, 7) is 1.33. The summed E-state index contributed by atoms with van der Waals surface area (Å²) >= 11 is 0. The molecule has 3 N–H and O–H groups in total. The first kappa shape index (κ1) is 17.9. The SMILES string of the molecule is CC(=O)CCC(=O)N[C@H]1Cc2cc(F)c(F)c(C(=O)O)c2OB1O. The van der Waals surface area contributed by atoms with Crippen molar-refractivity contribution in [2.45, 2.75) is 32.1 Å². The predicted molar refractivity (Wildman–Crippen MR) is 77.5 cm³/mol. The van der Waals surface area contributed by atoms with Gasteiger partial charge >= 0.3 is 13.1 Å². The van der Waals surface area contributed by atoms with Crippen LogP contribution in [0, 0.1) is 11.6 Å². The molecule has 10 heteroatoms. The minimum absolute atomic E-state index is 0.00784. The van der Waals surface area contributed by atoms with Crippen molar-refractivity contribution in [3.8, 4) is 5.75 Å². The Morgan fingerprint density at radius 2 is 2.04 bits per heavy atom. The topological polar surface area (TPSA) is 113 Å². The first-order valence-electron chi connectivity index (χ1n) is 7.08. The van der Waals surface area contributed by atoms with Gasteiger partial charge in [-0.2, -0.15) is 0 Å². The molecule has 24 heavy (non-hydrogen) atoms. The van der Waals surface area contributed by atoms with Crippen LogP contribution in [0.2, 0.25) is 0 Å². The molecule has 1 amide bonds. The van der Waals surface area contributed by atoms with Crippen molar-refractivity contribution in [2.75, 3.05) is 0 Å². The molecule has 0 radical (unpaired) electrons. The Bertz CT molecular complexity index is 711. The van der Waals surface area contributed by atoms with Crippen molar-refractivity contribution in [3.05, 3.63) is 28.8 Å². The Balaban J connectivity index is 2.23. The molecule has 1 aliphatic rings. The van der Waals surface area contributed by atoms with Crippen LogP contribution in [0.25, 0.3) is 0 Å². The summed E-state index contributed by atoms with van der Waals surface area (Å²) in [6, 6.07) is 0.762. The number of fused-ring (bicyclic) bond motifs is 1. The van der Waals surface area contributed by atoms with E-state index in [-0.39, 0.29) is 30.6 Å². The van der Waals surface area contributed by atoms with Gasteiger partial charge in [0.05, 0.1) is 5.94 Å². The van der Waals surface area contributed by atoms with E-state index < -0.39 is 47.9 Å². The maximum atomic E-state index is 13.6. The Morgan fingerprint density at radius 1 is 1.38 bits per heavy atom. The lowest BCUT2D eigenvalue weighted by molar-refractivity contribution is -0.124. The third-order valence-corrected chi connectivity index (χ3v) is 3.54. The monoisotopic (exact) mass is 341 g/mol. The molecule has 1 aromatic rings. The number of nitrogens with one attached hydrogen (secondary N) is 1. The Labute approximate surface area is 135 Å². The van der Waals surface area contributed by atoms with Crippen LogP contribution in [0.5, 0.6) is 5.75 Å². The summed E-state index contributed by atoms with van der Waals surface area (Å²) in [5, 5.41) is 21.3. The summed E-state index contributed by atoms with van der Waals surface area (Å²) < 4.78 is 32.2. The minimum Gasteiger partial charge on any atom is -0.534 e. The molecule has 1 aromatic carbocycles. The summed E-state index contributed by atoms with van der Waals surface area (Å²) in [6.07, 6.45) is -0.224. The number of amides is 1. The number of rotatable bonds is 5. The van der Waals surface area contributed by atoms with E-state index in [9.17, 15) is 28.2 Å². The van der Waals surface area contributed by atoms with E-state index in [1.807, 2.05) is 0 Å². The molecular weight excluding hydrogens is 327 g/mol. The normalized spacial score (nSPS) is 16.2. The van der Waals surface area contributed by atoms with E-state index in [1.165, 1.54) is 6.92 Å². The van der Waals surface area contributed by atoms with Gasteiger partial charge in [-0.3, -0.25) is 4.79 Å². The zero-order chi connectivity index (χ0) is 18.0. The van der Waals surface area contributed by atoms with Crippen LogP contribution in [0.15, 0.2) is 6.07 Å². The molecule has 0 unspecified atom stereocenters. The number of carbonyl (C=O) groups excluding carboxylic acids is 2. The lowest BCUT2D eigenvalue weighted by Gasteiger charge is -2.29. The van der Waals surface area contributed by atoms with Crippen LogP contribution in [-0.2, 0) is 16.0 Å². The van der Waals surface area contributed by atoms with Crippen molar-refractivity contribution in [3.63, 3.8) is 0 Å². The molecule has 1 aliphatic heterocycles. The van der Waals surface area contributed by atoms with Crippen LogP contribution in [0.1, 0.15) is 35.7 Å². The van der Waals surface area contributed by atoms with E-state index >= 15 is 0 Å². The molecule has 0 aromatic heterocycles. The van der Waals surface area contributed by atoms with Gasteiger partial charge in [-0.25, -0.2) is 13.6 Å². The lowest BCUT2D eigenvalue weighted by Crippen LogP contribution is -2.53. The minimum atomic E-state index is -1.74. The fourth-order valence-corrected chi connectivity index (χ4v) is 2.37. The number of ketones is 1. The molecule has 0 fully saturated rings. The van der Waals surface area contributed by atoms with E-state index in [1.54, 1.807) is 0 Å². The number of aromatic carboxylic acids is 1. The Kier molecular flexibility index (Phi) is 5.18. The first-order valence-corrected chi connectivity index (χ1v) is 7.08. The molecule has 0 bridgehead atoms. The number of carboxylic acid groups (broad SMARTS) is 1. The fraction of sp³-hybridized carbons (Fsp3) is 0.357. The molecule has 1 atom stereocenters. The molecule has 0 saturated heterocycles. The Hall–Kier alpha value is -2.49. The van der Waals surface area contributed by atoms with Gasteiger partial charge in [-0.15, -0.1) is 0 Å². The molecule has 7 nitrogen and oxygen atoms in total. The average Bonchev–Trinajstić information content (AvgIpc) is 2.48. The molecule has 2 rings (SSSR count). The van der Waals surface area contributed by atoms with Crippen LogP contribution in [0.4, 0.5) is 8.78 Å². The number of benzene rings is 1. The largest absolute Gasteiger partial charge is 0.547 e. The first-order chi connectivity index (χ1) is 11.2. The number of Topliss-reactive ketones (excluding diaryl/α,β-unsaturated/α-hetero) is 1. The second kappa shape index (κ2) is 6.96. The highest BCUT2D eigenvalue weighted by Crippen LogP contribution is 2.33. The second-order valence-corrected chi connectivity index (χ2v) is 5.43. The lowest BCUT2D eigenvalue weighted by atomic mass is 9.72. The van der Waals surface area contributed by atoms with Gasteiger partial charge in [-0.05, 0) is 25.0 Å². The molecule has 0 spiro atoms. The predicted octanol–water partition coefficient (Wildman–Crippen LogP) is 0.472. The van der Waals surface area contributed by atoms with Gasteiger partial charge < -0.3 is 24.9 Å². The molecule has 0 aliphatic carbocycles. The number of carbonyl (C=O) groups is 3. The van der Waals surface area contributed by atoms with E-state index in [0.29, 0.717) is 0 Å². The number of halogens is 2. The van der Waals surface area contributed by atoms with Gasteiger partial charge in [0.2, 0.25) is 5.91 Å². The van der Waals surface area contributed by atoms with Crippen LogP contribution >= 0.6 is 0 Å². The summed E-state index contributed by atoms with van der Waals surface area (Å²) in [4.78, 5) is 33.7. The molecule has 1 heterocycles. The summed E-state index contributed by atoms with van der Waals surface area (Å²) in [5.41, 5.74) is -1.00. The zero-order valence-corrected chi connectivity index (χ0v) is 12.6. The van der Waals surface area contributed by atoms with E-state index in [4.69, 9.17) is 9.76 Å². The van der Waals surface area contributed by atoms with E-state index in [2.05, 4.69) is 5.32 Å². The quantitative estimate of drug-likeness (QED) is 0.671. The number of hydrogen-bond acceptors (Lipinski definition) is 5. The van der Waals surface area contributed by atoms with Gasteiger partial charge in [0.25, 0.3) is 0 Å². The van der Waals surface area contributed by atoms with Gasteiger partial charge in [0.1, 0.15) is 17.1 Å². The van der Waals surface area contributed by atoms with Crippen molar-refractivity contribution >= 4 is 24.8 Å². The number of carboxylic acids is 1. The van der Waals surface area contributed by atoms with Gasteiger partial charge in [0.15, 0.2) is 11.6 Å². The average molecular weight is 341 g/mol. The van der Waals surface area contributed by atoms with Gasteiger partial charge in [0, 0.05) is 12.8 Å². The maximum absolute atomic E-state index is 13.6. The van der Waals surface area contributed by atoms with Crippen molar-refractivity contribution < 1.29 is 37.9 Å². The van der Waals surface area contributed by atoms with Crippen molar-refractivity contribution in [1.29, 1.82) is 0 Å². The molecular formula is C14H14BF2NO6. The zero-order valence-electron chi connectivity index (χ0n) is 12.6. The van der Waals surface area contributed by atoms with Gasteiger partial charge in [-0.1, -0.05) is 0 Å². The molecule has 0 saturated carbocycles. The van der Waals surface area contributed by atoms with Crippen molar-refractivity contribution in [2.24, 2.45) is 0 Å². The molecule has 128 valence electrons. The van der Waals surface area contributed by atoms with Crippen LogP contribution in [-0.4, -0.2) is 40.8 Å². The highest BCUT2D eigenvalue weighted by molar-refractivity contribution is 6.47. The third kappa shape index (κ3) is 3.70. The highest BCUT2D eigenvalue weighted by atomic mass is 19.2. The van der Waals surface area contributed by atoms with Crippen LogP contribution < -0.4 is 9.97 Å². The maximum Gasteiger partial charge on any atom is 0.547 e. The highest BCUT2D eigenvalue weighted by Gasteiger charge is 2.39. The third-order valence-electron chi connectivity index (χ3n) is 3.54.